The van der Waals surface area contributed by atoms with Crippen LogP contribution in [0.5, 0.6) is 5.75 Å². The number of methoxy groups -OCH3 is 1. The summed E-state index contributed by atoms with van der Waals surface area (Å²) in [6, 6.07) is 5.34. The second-order valence-electron chi connectivity index (χ2n) is 4.79. The first kappa shape index (κ1) is 14.3. The molecule has 0 saturated carbocycles. The summed E-state index contributed by atoms with van der Waals surface area (Å²) in [4.78, 5) is 14.2. The number of halogens is 1. The van der Waals surface area contributed by atoms with Gasteiger partial charge in [0.25, 0.3) is 5.91 Å². The second kappa shape index (κ2) is 6.39. The summed E-state index contributed by atoms with van der Waals surface area (Å²) >= 11 is 3.39. The molecular weight excluding hydrogens is 310 g/mol. The zero-order chi connectivity index (χ0) is 13.8. The minimum absolute atomic E-state index is 0.0153. The largest absolute Gasteiger partial charge is 0.496 e. The van der Waals surface area contributed by atoms with E-state index in [-0.39, 0.29) is 18.4 Å². The molecule has 0 spiro atoms. The molecule has 0 radical (unpaired) electrons. The highest BCUT2D eigenvalue weighted by Crippen LogP contribution is 2.27. The number of likely N-dealkylation sites (tertiary alicyclic amines) is 1. The van der Waals surface area contributed by atoms with Crippen molar-refractivity contribution in [2.24, 2.45) is 5.92 Å². The third kappa shape index (κ3) is 3.28. The van der Waals surface area contributed by atoms with Crippen molar-refractivity contribution >= 4 is 21.8 Å². The van der Waals surface area contributed by atoms with Crippen molar-refractivity contribution in [3.05, 3.63) is 28.2 Å². The van der Waals surface area contributed by atoms with Gasteiger partial charge in [-0.1, -0.05) is 0 Å². The summed E-state index contributed by atoms with van der Waals surface area (Å²) in [6.45, 7) is 1.55. The fourth-order valence-corrected chi connectivity index (χ4v) is 2.92. The standard InChI is InChI=1S/C14H18BrNO3/c1-19-13-5-4-11(7-12(13)15)14(18)16-6-2-3-10(8-16)9-17/h4-5,7,10,17H,2-3,6,8-9H2,1H3. The van der Waals surface area contributed by atoms with E-state index < -0.39 is 0 Å². The third-order valence-corrected chi connectivity index (χ3v) is 4.08. The Morgan fingerprint density at radius 1 is 1.58 bits per heavy atom. The van der Waals surface area contributed by atoms with E-state index in [4.69, 9.17) is 4.74 Å². The number of nitrogens with zero attached hydrogens (tertiary/aromatic N) is 1. The van der Waals surface area contributed by atoms with Crippen molar-refractivity contribution in [3.63, 3.8) is 0 Å². The highest BCUT2D eigenvalue weighted by Gasteiger charge is 2.24. The number of amides is 1. The van der Waals surface area contributed by atoms with Crippen LogP contribution in [0.3, 0.4) is 0 Å². The maximum atomic E-state index is 12.4. The van der Waals surface area contributed by atoms with Crippen LogP contribution in [-0.4, -0.2) is 42.7 Å². The second-order valence-corrected chi connectivity index (χ2v) is 5.65. The van der Waals surface area contributed by atoms with Gasteiger partial charge < -0.3 is 14.7 Å². The predicted octanol–water partition coefficient (Wildman–Crippen LogP) is 2.30. The molecule has 4 nitrogen and oxygen atoms in total. The number of aliphatic hydroxyl groups is 1. The highest BCUT2D eigenvalue weighted by atomic mass is 79.9. The van der Waals surface area contributed by atoms with E-state index in [0.717, 1.165) is 23.9 Å². The molecule has 2 rings (SSSR count). The summed E-state index contributed by atoms with van der Waals surface area (Å²) in [7, 11) is 1.60. The van der Waals surface area contributed by atoms with E-state index in [1.807, 2.05) is 4.90 Å². The Labute approximate surface area is 121 Å². The van der Waals surface area contributed by atoms with Gasteiger partial charge in [-0.2, -0.15) is 0 Å². The van der Waals surface area contributed by atoms with Gasteiger partial charge in [0.15, 0.2) is 0 Å². The molecule has 104 valence electrons. The van der Waals surface area contributed by atoms with Gasteiger partial charge in [0.05, 0.1) is 11.6 Å². The van der Waals surface area contributed by atoms with Crippen molar-refractivity contribution in [3.8, 4) is 5.75 Å². The van der Waals surface area contributed by atoms with E-state index in [0.29, 0.717) is 17.9 Å². The molecule has 1 N–H and O–H groups in total. The smallest absolute Gasteiger partial charge is 0.253 e. The van der Waals surface area contributed by atoms with Crippen molar-refractivity contribution in [2.75, 3.05) is 26.8 Å². The van der Waals surface area contributed by atoms with Crippen LogP contribution in [0.15, 0.2) is 22.7 Å². The van der Waals surface area contributed by atoms with Gasteiger partial charge in [-0.05, 0) is 52.9 Å². The first-order valence-corrected chi connectivity index (χ1v) is 7.18. The predicted molar refractivity (Wildman–Crippen MR) is 76.4 cm³/mol. The van der Waals surface area contributed by atoms with Crippen molar-refractivity contribution < 1.29 is 14.6 Å². The minimum Gasteiger partial charge on any atom is -0.496 e. The highest BCUT2D eigenvalue weighted by molar-refractivity contribution is 9.10. The van der Waals surface area contributed by atoms with Gasteiger partial charge in [-0.15, -0.1) is 0 Å². The number of benzene rings is 1. The van der Waals surface area contributed by atoms with E-state index >= 15 is 0 Å². The summed E-state index contributed by atoms with van der Waals surface area (Å²) < 4.78 is 5.93. The van der Waals surface area contributed by atoms with Gasteiger partial charge in [-0.3, -0.25) is 4.79 Å². The lowest BCUT2D eigenvalue weighted by Crippen LogP contribution is -2.40. The number of hydrogen-bond acceptors (Lipinski definition) is 3. The van der Waals surface area contributed by atoms with Crippen LogP contribution in [0, 0.1) is 5.92 Å². The quantitative estimate of drug-likeness (QED) is 0.926. The van der Waals surface area contributed by atoms with Crippen LogP contribution in [-0.2, 0) is 0 Å². The molecule has 1 heterocycles. The molecule has 19 heavy (non-hydrogen) atoms. The fraction of sp³-hybridized carbons (Fsp3) is 0.500. The Morgan fingerprint density at radius 2 is 2.37 bits per heavy atom. The first-order valence-electron chi connectivity index (χ1n) is 6.39. The molecular formula is C14H18BrNO3. The molecule has 1 aromatic carbocycles. The monoisotopic (exact) mass is 327 g/mol. The summed E-state index contributed by atoms with van der Waals surface area (Å²) in [5.41, 5.74) is 0.645. The Bertz CT molecular complexity index is 464. The first-order chi connectivity index (χ1) is 9.15. The Morgan fingerprint density at radius 3 is 3.00 bits per heavy atom. The summed E-state index contributed by atoms with van der Waals surface area (Å²) in [6.07, 6.45) is 1.95. The average molecular weight is 328 g/mol. The molecule has 1 aromatic rings. The number of aliphatic hydroxyl groups excluding tert-OH is 1. The molecule has 0 bridgehead atoms. The lowest BCUT2D eigenvalue weighted by atomic mass is 9.98. The lowest BCUT2D eigenvalue weighted by Gasteiger charge is -2.32. The Hall–Kier alpha value is -1.07. The SMILES string of the molecule is COc1ccc(C(=O)N2CCCC(CO)C2)cc1Br. The number of hydrogen-bond donors (Lipinski definition) is 1. The number of carbonyl (C=O) groups excluding carboxylic acids is 1. The summed E-state index contributed by atoms with van der Waals surface area (Å²) in [5, 5.41) is 9.21. The molecule has 0 aromatic heterocycles. The van der Waals surface area contributed by atoms with Gasteiger partial charge in [0.2, 0.25) is 0 Å². The minimum atomic E-state index is 0.0153. The van der Waals surface area contributed by atoms with Crippen LogP contribution < -0.4 is 4.74 Å². The van der Waals surface area contributed by atoms with Crippen LogP contribution in [0.4, 0.5) is 0 Å². The van der Waals surface area contributed by atoms with E-state index in [9.17, 15) is 9.90 Å². The molecule has 5 heteroatoms. The molecule has 0 aliphatic carbocycles. The fourth-order valence-electron chi connectivity index (χ4n) is 2.38. The lowest BCUT2D eigenvalue weighted by molar-refractivity contribution is 0.0620. The maximum absolute atomic E-state index is 12.4. The van der Waals surface area contributed by atoms with Crippen LogP contribution in [0.1, 0.15) is 23.2 Å². The zero-order valence-corrected chi connectivity index (χ0v) is 12.5. The van der Waals surface area contributed by atoms with Crippen LogP contribution in [0.25, 0.3) is 0 Å². The zero-order valence-electron chi connectivity index (χ0n) is 10.9. The molecule has 1 aliphatic heterocycles. The molecule has 1 fully saturated rings. The van der Waals surface area contributed by atoms with Gasteiger partial charge in [-0.25, -0.2) is 0 Å². The van der Waals surface area contributed by atoms with E-state index in [2.05, 4.69) is 15.9 Å². The number of piperidine rings is 1. The van der Waals surface area contributed by atoms with Crippen LogP contribution >= 0.6 is 15.9 Å². The molecule has 1 aliphatic rings. The number of ether oxygens (including phenoxy) is 1. The normalized spacial score (nSPS) is 19.3. The van der Waals surface area contributed by atoms with Crippen molar-refractivity contribution in [1.29, 1.82) is 0 Å². The third-order valence-electron chi connectivity index (χ3n) is 3.46. The Balaban J connectivity index is 2.12. The Kier molecular flexibility index (Phi) is 4.82. The maximum Gasteiger partial charge on any atom is 0.253 e. The van der Waals surface area contributed by atoms with Gasteiger partial charge >= 0.3 is 0 Å². The molecule has 1 unspecified atom stereocenters. The summed E-state index contributed by atoms with van der Waals surface area (Å²) in [5.74, 6) is 0.935. The van der Waals surface area contributed by atoms with E-state index in [1.165, 1.54) is 0 Å². The van der Waals surface area contributed by atoms with Gasteiger partial charge in [0.1, 0.15) is 5.75 Å². The topological polar surface area (TPSA) is 49.8 Å². The average Bonchev–Trinajstić information content (AvgIpc) is 2.46. The van der Waals surface area contributed by atoms with Crippen molar-refractivity contribution in [2.45, 2.75) is 12.8 Å². The number of rotatable bonds is 3. The number of carbonyl (C=O) groups is 1. The van der Waals surface area contributed by atoms with Gasteiger partial charge in [0, 0.05) is 25.3 Å². The van der Waals surface area contributed by atoms with Crippen LogP contribution in [0.2, 0.25) is 0 Å². The molecule has 1 atom stereocenters. The molecule has 1 saturated heterocycles. The van der Waals surface area contributed by atoms with E-state index in [1.54, 1.807) is 25.3 Å². The van der Waals surface area contributed by atoms with Crippen molar-refractivity contribution in [1.82, 2.24) is 4.90 Å². The molecule has 1 amide bonds.